The van der Waals surface area contributed by atoms with Gasteiger partial charge >= 0.3 is 0 Å². The van der Waals surface area contributed by atoms with Crippen molar-refractivity contribution in [1.29, 1.82) is 0 Å². The third-order valence-corrected chi connectivity index (χ3v) is 6.15. The number of nitrogens with zero attached hydrogens (tertiary/aromatic N) is 1. The highest BCUT2D eigenvalue weighted by Gasteiger charge is 2.17. The normalized spacial score (nSPS) is 11.5. The SMILES string of the molecule is CC(=O)Nc1ccc(SCc2cccc(S(=O)(=O)N(C)C)c2)cc1. The summed E-state index contributed by atoms with van der Waals surface area (Å²) in [6.07, 6.45) is 0. The van der Waals surface area contributed by atoms with Crippen molar-refractivity contribution < 1.29 is 13.2 Å². The van der Waals surface area contributed by atoms with Gasteiger partial charge in [0.15, 0.2) is 0 Å². The fourth-order valence-electron chi connectivity index (χ4n) is 2.01. The first-order valence-corrected chi connectivity index (χ1v) is 9.73. The molecular weight excluding hydrogens is 344 g/mol. The van der Waals surface area contributed by atoms with Gasteiger partial charge in [0.25, 0.3) is 0 Å². The van der Waals surface area contributed by atoms with E-state index >= 15 is 0 Å². The Balaban J connectivity index is 2.06. The predicted molar refractivity (Wildman–Crippen MR) is 97.6 cm³/mol. The molecular formula is C17H20N2O3S2. The second-order valence-electron chi connectivity index (χ2n) is 5.43. The Hall–Kier alpha value is -1.83. The van der Waals surface area contributed by atoms with Crippen LogP contribution >= 0.6 is 11.8 Å². The summed E-state index contributed by atoms with van der Waals surface area (Å²) < 4.78 is 25.5. The van der Waals surface area contributed by atoms with E-state index in [-0.39, 0.29) is 5.91 Å². The van der Waals surface area contributed by atoms with Gasteiger partial charge in [-0.15, -0.1) is 11.8 Å². The van der Waals surface area contributed by atoms with Gasteiger partial charge in [0, 0.05) is 37.4 Å². The summed E-state index contributed by atoms with van der Waals surface area (Å²) in [5.74, 6) is 0.560. The van der Waals surface area contributed by atoms with Gasteiger partial charge < -0.3 is 5.32 Å². The molecule has 0 saturated carbocycles. The van der Waals surface area contributed by atoms with Crippen LogP contribution in [0.1, 0.15) is 12.5 Å². The Labute approximate surface area is 147 Å². The molecule has 0 aliphatic carbocycles. The van der Waals surface area contributed by atoms with E-state index in [1.807, 2.05) is 30.3 Å². The fraction of sp³-hybridized carbons (Fsp3) is 0.235. The van der Waals surface area contributed by atoms with Crippen molar-refractivity contribution in [3.63, 3.8) is 0 Å². The number of carbonyl (C=O) groups is 1. The summed E-state index contributed by atoms with van der Waals surface area (Å²) >= 11 is 1.61. The molecule has 0 aliphatic heterocycles. The van der Waals surface area contributed by atoms with E-state index in [2.05, 4.69) is 5.32 Å². The maximum atomic E-state index is 12.2. The lowest BCUT2D eigenvalue weighted by Crippen LogP contribution is -2.22. The van der Waals surface area contributed by atoms with Gasteiger partial charge in [0.1, 0.15) is 0 Å². The summed E-state index contributed by atoms with van der Waals surface area (Å²) in [6.45, 7) is 1.47. The first-order valence-electron chi connectivity index (χ1n) is 7.31. The largest absolute Gasteiger partial charge is 0.326 e. The van der Waals surface area contributed by atoms with Crippen molar-refractivity contribution in [3.8, 4) is 0 Å². The Morgan fingerprint density at radius 3 is 2.38 bits per heavy atom. The van der Waals surface area contributed by atoms with Gasteiger partial charge in [-0.3, -0.25) is 4.79 Å². The Kier molecular flexibility index (Phi) is 6.04. The van der Waals surface area contributed by atoms with Gasteiger partial charge in [-0.2, -0.15) is 0 Å². The van der Waals surface area contributed by atoms with E-state index in [0.717, 1.165) is 16.1 Å². The van der Waals surface area contributed by atoms with Crippen LogP contribution < -0.4 is 5.32 Å². The highest BCUT2D eigenvalue weighted by molar-refractivity contribution is 7.98. The van der Waals surface area contributed by atoms with E-state index in [1.54, 1.807) is 30.0 Å². The quantitative estimate of drug-likeness (QED) is 0.800. The molecule has 0 aliphatic rings. The van der Waals surface area contributed by atoms with Crippen LogP contribution in [0.5, 0.6) is 0 Å². The highest BCUT2D eigenvalue weighted by Crippen LogP contribution is 2.25. The molecule has 2 rings (SSSR count). The fourth-order valence-corrected chi connectivity index (χ4v) is 3.82. The number of anilines is 1. The van der Waals surface area contributed by atoms with Crippen molar-refractivity contribution in [1.82, 2.24) is 4.31 Å². The summed E-state index contributed by atoms with van der Waals surface area (Å²) in [5.41, 5.74) is 1.69. The summed E-state index contributed by atoms with van der Waals surface area (Å²) in [6, 6.07) is 14.5. The van der Waals surface area contributed by atoms with Gasteiger partial charge in [-0.05, 0) is 42.0 Å². The van der Waals surface area contributed by atoms with Crippen LogP contribution in [-0.2, 0) is 20.6 Å². The Bertz CT molecular complexity index is 816. The van der Waals surface area contributed by atoms with Crippen LogP contribution in [0.3, 0.4) is 0 Å². The number of rotatable bonds is 6. The first-order chi connectivity index (χ1) is 11.3. The molecule has 1 amide bonds. The maximum Gasteiger partial charge on any atom is 0.242 e. The molecule has 5 nitrogen and oxygen atoms in total. The van der Waals surface area contributed by atoms with Crippen molar-refractivity contribution in [2.45, 2.75) is 22.5 Å². The minimum absolute atomic E-state index is 0.102. The summed E-state index contributed by atoms with van der Waals surface area (Å²) in [5, 5.41) is 2.72. The zero-order valence-corrected chi connectivity index (χ0v) is 15.4. The molecule has 0 fully saturated rings. The van der Waals surface area contributed by atoms with E-state index in [9.17, 15) is 13.2 Å². The zero-order chi connectivity index (χ0) is 17.7. The number of amides is 1. The number of benzene rings is 2. The molecule has 0 unspecified atom stereocenters. The van der Waals surface area contributed by atoms with Crippen LogP contribution in [0.15, 0.2) is 58.3 Å². The lowest BCUT2D eigenvalue weighted by molar-refractivity contribution is -0.114. The lowest BCUT2D eigenvalue weighted by atomic mass is 10.2. The molecule has 0 aromatic heterocycles. The van der Waals surface area contributed by atoms with Crippen molar-refractivity contribution in [2.24, 2.45) is 0 Å². The Morgan fingerprint density at radius 1 is 1.12 bits per heavy atom. The number of hydrogen-bond acceptors (Lipinski definition) is 4. The molecule has 2 aromatic rings. The van der Waals surface area contributed by atoms with Crippen LogP contribution in [0.4, 0.5) is 5.69 Å². The van der Waals surface area contributed by atoms with Crippen LogP contribution in [0.25, 0.3) is 0 Å². The van der Waals surface area contributed by atoms with E-state index in [0.29, 0.717) is 10.6 Å². The van der Waals surface area contributed by atoms with E-state index in [4.69, 9.17) is 0 Å². The smallest absolute Gasteiger partial charge is 0.242 e. The monoisotopic (exact) mass is 364 g/mol. The third-order valence-electron chi connectivity index (χ3n) is 3.26. The molecule has 1 N–H and O–H groups in total. The molecule has 2 aromatic carbocycles. The number of nitrogens with one attached hydrogen (secondary N) is 1. The Morgan fingerprint density at radius 2 is 1.79 bits per heavy atom. The molecule has 0 radical (unpaired) electrons. The molecule has 0 spiro atoms. The van der Waals surface area contributed by atoms with E-state index < -0.39 is 10.0 Å². The third kappa shape index (κ3) is 4.83. The second-order valence-corrected chi connectivity index (χ2v) is 8.63. The molecule has 0 heterocycles. The molecule has 128 valence electrons. The predicted octanol–water partition coefficient (Wildman–Crippen LogP) is 3.19. The lowest BCUT2D eigenvalue weighted by Gasteiger charge is -2.12. The molecule has 24 heavy (non-hydrogen) atoms. The highest BCUT2D eigenvalue weighted by atomic mass is 32.2. The van der Waals surface area contributed by atoms with Crippen LogP contribution in [0, 0.1) is 0 Å². The first kappa shape index (κ1) is 18.5. The van der Waals surface area contributed by atoms with Crippen LogP contribution in [-0.4, -0.2) is 32.7 Å². The van der Waals surface area contributed by atoms with Gasteiger partial charge in [-0.25, -0.2) is 12.7 Å². The molecule has 0 bridgehead atoms. The van der Waals surface area contributed by atoms with Gasteiger partial charge in [0.2, 0.25) is 15.9 Å². The minimum Gasteiger partial charge on any atom is -0.326 e. The van der Waals surface area contributed by atoms with Gasteiger partial charge in [-0.1, -0.05) is 12.1 Å². The number of thioether (sulfide) groups is 1. The second kappa shape index (κ2) is 7.83. The van der Waals surface area contributed by atoms with Gasteiger partial charge in [0.05, 0.1) is 4.90 Å². The van der Waals surface area contributed by atoms with E-state index in [1.165, 1.54) is 25.3 Å². The average molecular weight is 364 g/mol. The maximum absolute atomic E-state index is 12.2. The van der Waals surface area contributed by atoms with Crippen molar-refractivity contribution in [3.05, 3.63) is 54.1 Å². The molecule has 0 atom stereocenters. The number of sulfonamides is 1. The van der Waals surface area contributed by atoms with Crippen molar-refractivity contribution >= 4 is 33.4 Å². The average Bonchev–Trinajstić information content (AvgIpc) is 2.54. The number of hydrogen-bond donors (Lipinski definition) is 1. The van der Waals surface area contributed by atoms with Crippen LogP contribution in [0.2, 0.25) is 0 Å². The number of carbonyl (C=O) groups excluding carboxylic acids is 1. The topological polar surface area (TPSA) is 66.5 Å². The molecule has 0 saturated heterocycles. The zero-order valence-electron chi connectivity index (χ0n) is 13.8. The minimum atomic E-state index is -3.42. The van der Waals surface area contributed by atoms with Crippen molar-refractivity contribution in [2.75, 3.05) is 19.4 Å². The molecule has 7 heteroatoms. The summed E-state index contributed by atoms with van der Waals surface area (Å²) in [7, 11) is -0.373. The standard InChI is InChI=1S/C17H20N2O3S2/c1-13(20)18-15-7-9-16(10-8-15)23-12-14-5-4-6-17(11-14)24(21,22)19(2)3/h4-11H,12H2,1-3H3,(H,18,20). The summed E-state index contributed by atoms with van der Waals surface area (Å²) in [4.78, 5) is 12.3.